The zero-order chi connectivity index (χ0) is 15.2. The summed E-state index contributed by atoms with van der Waals surface area (Å²) in [6.07, 6.45) is 0. The molecule has 0 saturated carbocycles. The van der Waals surface area contributed by atoms with E-state index in [9.17, 15) is 19.5 Å². The second kappa shape index (κ2) is 20.5. The van der Waals surface area contributed by atoms with Crippen LogP contribution >= 0.6 is 0 Å². The van der Waals surface area contributed by atoms with Crippen LogP contribution in [0, 0.1) is 0 Å². The van der Waals surface area contributed by atoms with Gasteiger partial charge in [0, 0.05) is 0 Å². The molecule has 2 saturated heterocycles. The van der Waals surface area contributed by atoms with Crippen LogP contribution < -0.4 is 69.2 Å². The Balaban J connectivity index is -0.000000269. The van der Waals surface area contributed by atoms with E-state index >= 15 is 0 Å². The van der Waals surface area contributed by atoms with Crippen molar-refractivity contribution in [1.29, 1.82) is 0 Å². The first-order chi connectivity index (χ1) is 10.1. The predicted molar refractivity (Wildman–Crippen MR) is 71.6 cm³/mol. The van der Waals surface area contributed by atoms with Gasteiger partial charge in [0.05, 0.1) is 0 Å². The molecule has 2 heterocycles. The van der Waals surface area contributed by atoms with E-state index in [1.54, 1.807) is 0 Å². The molecule has 2 rings (SSSR count). The molecule has 0 atom stereocenters. The fraction of sp³-hybridized carbons (Fsp3) is 0. The second-order valence-electron chi connectivity index (χ2n) is 3.15. The molecule has 0 radical (unpaired) electrons. The first-order valence-electron chi connectivity index (χ1n) is 5.19. The Morgan fingerprint density at radius 2 is 0.926 bits per heavy atom. The van der Waals surface area contributed by atoms with Gasteiger partial charge in [0.15, 0.2) is 0 Å². The van der Waals surface area contributed by atoms with Crippen molar-refractivity contribution in [1.82, 2.24) is 0 Å². The SMILES string of the molecule is O.O.O.O.O=BOB1OB([O-])OB2OB(OB=O)OB([O-])OB(O1)O2.[Na+].[Na+]. The van der Waals surface area contributed by atoms with Gasteiger partial charge < -0.3 is 21.9 Å². The Hall–Kier alpha value is 1.20. The van der Waals surface area contributed by atoms with Crippen molar-refractivity contribution in [2.24, 2.45) is 0 Å². The maximum atomic E-state index is 11.3. The van der Waals surface area contributed by atoms with Crippen molar-refractivity contribution in [2.75, 3.05) is 0 Å². The molecule has 0 spiro atoms. The van der Waals surface area contributed by atoms with E-state index in [2.05, 4.69) is 27.4 Å². The molecule has 2 fully saturated rings. The monoisotopic (exact) mass is 414 g/mol. The molecule has 0 amide bonds. The summed E-state index contributed by atoms with van der Waals surface area (Å²) >= 11 is 0. The van der Waals surface area contributed by atoms with Gasteiger partial charge in [0.25, 0.3) is 0 Å². The summed E-state index contributed by atoms with van der Waals surface area (Å²) in [6, 6.07) is 0. The average Bonchev–Trinajstić information content (AvgIpc) is 2.35. The standard InChI is InChI=1S/B8O13.2Na.4H2O/c9-1-13-5-15-3(11)17-8-20-6(14-2-10)16-4(12)18-7(19-5)21-8;;;;;;/h;;;4*1H2/q-2;2*+1;;;;. The summed E-state index contributed by atoms with van der Waals surface area (Å²) in [4.78, 5) is 0. The summed E-state index contributed by atoms with van der Waals surface area (Å²) in [5.41, 5.74) is 0. The first-order valence-corrected chi connectivity index (χ1v) is 5.19. The van der Waals surface area contributed by atoms with Crippen molar-refractivity contribution in [3.05, 3.63) is 0 Å². The molecule has 8 N–H and O–H groups in total. The molecule has 136 valence electrons. The Labute approximate surface area is 199 Å². The van der Waals surface area contributed by atoms with Crippen LogP contribution in [0.3, 0.4) is 0 Å². The van der Waals surface area contributed by atoms with E-state index in [1.165, 1.54) is 0 Å². The minimum absolute atomic E-state index is 0. The molecule has 0 aromatic rings. The fourth-order valence-electron chi connectivity index (χ4n) is 1.17. The quantitative estimate of drug-likeness (QED) is 0.387. The summed E-state index contributed by atoms with van der Waals surface area (Å²) in [5, 5.41) is 22.6. The summed E-state index contributed by atoms with van der Waals surface area (Å²) in [5.74, 6) is 0. The van der Waals surface area contributed by atoms with Crippen LogP contribution in [-0.4, -0.2) is 80.5 Å². The van der Waals surface area contributed by atoms with Crippen molar-refractivity contribution in [3.8, 4) is 0 Å². The van der Waals surface area contributed by atoms with Crippen LogP contribution in [0.4, 0.5) is 0 Å². The van der Waals surface area contributed by atoms with Crippen molar-refractivity contribution < 1.29 is 142 Å². The molecule has 0 aromatic heterocycles. The summed E-state index contributed by atoms with van der Waals surface area (Å²) in [7, 11) is -12.1. The van der Waals surface area contributed by atoms with Crippen LogP contribution in [0.5, 0.6) is 0 Å². The van der Waals surface area contributed by atoms with E-state index in [1.807, 2.05) is 0 Å². The Bertz CT molecular complexity index is 330. The van der Waals surface area contributed by atoms with Crippen molar-refractivity contribution in [3.63, 3.8) is 0 Å². The second-order valence-corrected chi connectivity index (χ2v) is 3.15. The van der Waals surface area contributed by atoms with E-state index < -0.39 is 43.9 Å². The van der Waals surface area contributed by atoms with Gasteiger partial charge in [-0.05, 0) is 0 Å². The molecular formula is H8B8Na2O17. The van der Waals surface area contributed by atoms with Crippen LogP contribution in [0.15, 0.2) is 0 Å². The number of fused-ring (bicyclic) bond motifs is 2. The maximum Gasteiger partial charge on any atom is 1.00 e. The maximum absolute atomic E-state index is 11.3. The zero-order valence-corrected chi connectivity index (χ0v) is 17.9. The van der Waals surface area contributed by atoms with Gasteiger partial charge in [0.2, 0.25) is 0 Å². The molecule has 27 heteroatoms. The molecule has 0 aliphatic carbocycles. The summed E-state index contributed by atoms with van der Waals surface area (Å²) in [6.45, 7) is 0. The molecular weight excluding hydrogens is 404 g/mol. The number of rotatable bonds is 4. The van der Waals surface area contributed by atoms with Gasteiger partial charge in [0.1, 0.15) is 0 Å². The van der Waals surface area contributed by atoms with Crippen molar-refractivity contribution in [2.45, 2.75) is 0 Å². The van der Waals surface area contributed by atoms with Crippen molar-refractivity contribution >= 4 is 58.6 Å². The van der Waals surface area contributed by atoms with E-state index in [0.29, 0.717) is 0 Å². The molecule has 17 nitrogen and oxygen atoms in total. The first kappa shape index (κ1) is 38.8. The van der Waals surface area contributed by atoms with Gasteiger partial charge in [-0.25, -0.2) is 0 Å². The van der Waals surface area contributed by atoms with Crippen LogP contribution in [-0.2, 0) is 50.6 Å². The normalized spacial score (nSPS) is 15.5. The minimum Gasteiger partial charge on any atom is 1.00 e. The van der Waals surface area contributed by atoms with Gasteiger partial charge >= 0.3 is 178 Å². The minimum atomic E-state index is -2.26. The van der Waals surface area contributed by atoms with Gasteiger partial charge in [-0.1, -0.05) is 0 Å². The Morgan fingerprint density at radius 3 is 1.22 bits per heavy atom. The van der Waals surface area contributed by atoms with Gasteiger partial charge in [-0.2, -0.15) is 0 Å². The number of hydrogen-bond donors (Lipinski definition) is 0. The fourth-order valence-corrected chi connectivity index (χ4v) is 1.17. The van der Waals surface area contributed by atoms with Gasteiger partial charge in [-0.15, -0.1) is 0 Å². The molecule has 0 aromatic carbocycles. The largest absolute Gasteiger partial charge is 1.00 e. The predicted octanol–water partition coefficient (Wildman–Crippen LogP) is -15.6. The average molecular weight is 413 g/mol. The van der Waals surface area contributed by atoms with E-state index in [-0.39, 0.29) is 95.7 Å². The van der Waals surface area contributed by atoms with Crippen LogP contribution in [0.2, 0.25) is 0 Å². The number of hydrogen-bond acceptors (Lipinski definition) is 13. The van der Waals surface area contributed by atoms with Crippen LogP contribution in [0.1, 0.15) is 0 Å². The third-order valence-electron chi connectivity index (χ3n) is 1.89. The van der Waals surface area contributed by atoms with Gasteiger partial charge in [-0.3, -0.25) is 0 Å². The molecule has 27 heavy (non-hydrogen) atoms. The third kappa shape index (κ3) is 13.9. The Morgan fingerprint density at radius 1 is 0.593 bits per heavy atom. The topological polar surface area (TPSA) is 289 Å². The van der Waals surface area contributed by atoms with E-state index in [0.717, 1.165) is 0 Å². The third-order valence-corrected chi connectivity index (χ3v) is 1.89. The van der Waals surface area contributed by atoms with Crippen LogP contribution in [0.25, 0.3) is 0 Å². The molecule has 2 bridgehead atoms. The summed E-state index contributed by atoms with van der Waals surface area (Å²) < 4.78 is 61.0. The Kier molecular flexibility index (Phi) is 29.4. The zero-order valence-electron chi connectivity index (χ0n) is 13.9. The smallest absolute Gasteiger partial charge is 1.00 e. The molecule has 0 unspecified atom stereocenters. The molecule has 2 aliphatic rings. The van der Waals surface area contributed by atoms with E-state index in [4.69, 9.17) is 13.7 Å². The molecule has 2 aliphatic heterocycles.